The Hall–Kier alpha value is -3.54. The minimum Gasteiger partial charge on any atom is -0.493 e. The molecule has 0 aliphatic heterocycles. The van der Waals surface area contributed by atoms with Crippen molar-refractivity contribution < 1.29 is 14.3 Å². The van der Waals surface area contributed by atoms with E-state index in [0.29, 0.717) is 23.8 Å². The summed E-state index contributed by atoms with van der Waals surface area (Å²) in [6, 6.07) is 13.1. The largest absolute Gasteiger partial charge is 0.493 e. The average molecular weight is 363 g/mol. The minimum atomic E-state index is -0.222. The summed E-state index contributed by atoms with van der Waals surface area (Å²) in [6.07, 6.45) is 8.61. The topological polar surface area (TPSA) is 65.4 Å². The molecule has 0 saturated carbocycles. The van der Waals surface area contributed by atoms with Crippen LogP contribution in [0.4, 0.5) is 5.69 Å². The number of amides is 1. The molecule has 1 amide bonds. The Bertz CT molecular complexity index is 916. The number of carbonyl (C=O) groups excluding carboxylic acids is 1. The Morgan fingerprint density at radius 1 is 1.19 bits per heavy atom. The zero-order valence-corrected chi connectivity index (χ0v) is 15.3. The number of aromatic nitrogens is 2. The molecule has 0 aliphatic carbocycles. The summed E-state index contributed by atoms with van der Waals surface area (Å²) >= 11 is 0. The van der Waals surface area contributed by atoms with E-state index in [4.69, 9.17) is 9.47 Å². The Morgan fingerprint density at radius 2 is 2.00 bits per heavy atom. The molecule has 1 aromatic heterocycles. The minimum absolute atomic E-state index is 0.222. The van der Waals surface area contributed by atoms with Crippen molar-refractivity contribution >= 4 is 17.7 Å². The van der Waals surface area contributed by atoms with Gasteiger partial charge in [0.2, 0.25) is 5.91 Å². The fourth-order valence-corrected chi connectivity index (χ4v) is 2.55. The second kappa shape index (κ2) is 8.71. The summed E-state index contributed by atoms with van der Waals surface area (Å²) in [5, 5.41) is 2.82. The highest BCUT2D eigenvalue weighted by molar-refractivity contribution is 6.02. The molecule has 6 heteroatoms. The summed E-state index contributed by atoms with van der Waals surface area (Å²) in [5.74, 6) is 1.00. The van der Waals surface area contributed by atoms with Crippen molar-refractivity contribution in [2.45, 2.75) is 6.92 Å². The second-order valence-electron chi connectivity index (χ2n) is 5.68. The maximum Gasteiger partial charge on any atom is 0.248 e. The number of nitrogens with one attached hydrogen (secondary N) is 1. The van der Waals surface area contributed by atoms with E-state index in [0.717, 1.165) is 11.3 Å². The molecule has 138 valence electrons. The molecule has 0 bridgehead atoms. The molecule has 1 N–H and O–H groups in total. The van der Waals surface area contributed by atoms with Gasteiger partial charge in [0.05, 0.1) is 20.0 Å². The van der Waals surface area contributed by atoms with Crippen LogP contribution in [0.2, 0.25) is 0 Å². The molecule has 6 nitrogen and oxygen atoms in total. The SMILES string of the molecule is CCOc1ccc(NC(=O)/C=C/c2ccc(-n3ccnc3)cc2)cc1OC. The molecule has 0 aliphatic rings. The van der Waals surface area contributed by atoms with Gasteiger partial charge in [-0.3, -0.25) is 4.79 Å². The van der Waals surface area contributed by atoms with Crippen LogP contribution in [0, 0.1) is 0 Å². The fourth-order valence-electron chi connectivity index (χ4n) is 2.55. The van der Waals surface area contributed by atoms with Crippen molar-refractivity contribution in [3.8, 4) is 17.2 Å². The van der Waals surface area contributed by atoms with Crippen molar-refractivity contribution in [1.29, 1.82) is 0 Å². The quantitative estimate of drug-likeness (QED) is 0.646. The van der Waals surface area contributed by atoms with Gasteiger partial charge in [0.25, 0.3) is 0 Å². The van der Waals surface area contributed by atoms with Crippen molar-refractivity contribution in [3.05, 3.63) is 72.8 Å². The molecule has 0 spiro atoms. The van der Waals surface area contributed by atoms with Crippen molar-refractivity contribution in [1.82, 2.24) is 9.55 Å². The first-order valence-electron chi connectivity index (χ1n) is 8.58. The number of anilines is 1. The lowest BCUT2D eigenvalue weighted by Gasteiger charge is -2.11. The molecule has 1 heterocycles. The monoisotopic (exact) mass is 363 g/mol. The van der Waals surface area contributed by atoms with Gasteiger partial charge in [-0.25, -0.2) is 4.98 Å². The molecular formula is C21H21N3O3. The molecule has 27 heavy (non-hydrogen) atoms. The summed E-state index contributed by atoms with van der Waals surface area (Å²) in [4.78, 5) is 16.2. The van der Waals surface area contributed by atoms with Crippen LogP contribution in [0.25, 0.3) is 11.8 Å². The smallest absolute Gasteiger partial charge is 0.248 e. The van der Waals surface area contributed by atoms with Crippen LogP contribution in [0.5, 0.6) is 11.5 Å². The number of hydrogen-bond acceptors (Lipinski definition) is 4. The van der Waals surface area contributed by atoms with E-state index >= 15 is 0 Å². The van der Waals surface area contributed by atoms with Crippen LogP contribution in [0.15, 0.2) is 67.3 Å². The van der Waals surface area contributed by atoms with Crippen LogP contribution >= 0.6 is 0 Å². The van der Waals surface area contributed by atoms with Gasteiger partial charge in [-0.05, 0) is 42.8 Å². The number of imidazole rings is 1. The molecule has 3 rings (SSSR count). The Morgan fingerprint density at radius 3 is 2.67 bits per heavy atom. The zero-order valence-electron chi connectivity index (χ0n) is 15.3. The highest BCUT2D eigenvalue weighted by atomic mass is 16.5. The molecule has 0 unspecified atom stereocenters. The predicted molar refractivity (Wildman–Crippen MR) is 105 cm³/mol. The van der Waals surface area contributed by atoms with E-state index in [-0.39, 0.29) is 5.91 Å². The normalized spacial score (nSPS) is 10.7. The maximum atomic E-state index is 12.2. The molecule has 0 radical (unpaired) electrons. The van der Waals surface area contributed by atoms with E-state index in [1.807, 2.05) is 42.0 Å². The van der Waals surface area contributed by atoms with Crippen LogP contribution < -0.4 is 14.8 Å². The number of nitrogens with zero attached hydrogens (tertiary/aromatic N) is 2. The van der Waals surface area contributed by atoms with Gasteiger partial charge in [-0.2, -0.15) is 0 Å². The molecule has 3 aromatic rings. The molecule has 0 atom stereocenters. The van der Waals surface area contributed by atoms with Gasteiger partial charge in [-0.15, -0.1) is 0 Å². The van der Waals surface area contributed by atoms with Crippen LogP contribution in [-0.4, -0.2) is 29.2 Å². The third-order valence-electron chi connectivity index (χ3n) is 3.85. The summed E-state index contributed by atoms with van der Waals surface area (Å²) in [5.41, 5.74) is 2.58. The van der Waals surface area contributed by atoms with Gasteiger partial charge >= 0.3 is 0 Å². The average Bonchev–Trinajstić information content (AvgIpc) is 3.23. The summed E-state index contributed by atoms with van der Waals surface area (Å²) < 4.78 is 12.7. The van der Waals surface area contributed by atoms with Crippen molar-refractivity contribution in [2.24, 2.45) is 0 Å². The second-order valence-corrected chi connectivity index (χ2v) is 5.68. The van der Waals surface area contributed by atoms with E-state index in [1.165, 1.54) is 6.08 Å². The van der Waals surface area contributed by atoms with Crippen molar-refractivity contribution in [3.63, 3.8) is 0 Å². The number of methoxy groups -OCH3 is 1. The van der Waals surface area contributed by atoms with Crippen LogP contribution in [-0.2, 0) is 4.79 Å². The zero-order chi connectivity index (χ0) is 19.1. The van der Waals surface area contributed by atoms with E-state index in [2.05, 4.69) is 10.3 Å². The van der Waals surface area contributed by atoms with Gasteiger partial charge in [0.15, 0.2) is 11.5 Å². The summed E-state index contributed by atoms with van der Waals surface area (Å²) in [7, 11) is 1.57. The molecule has 0 saturated heterocycles. The first-order valence-corrected chi connectivity index (χ1v) is 8.58. The fraction of sp³-hybridized carbons (Fsp3) is 0.143. The number of hydrogen-bond donors (Lipinski definition) is 1. The van der Waals surface area contributed by atoms with E-state index in [1.54, 1.807) is 43.9 Å². The van der Waals surface area contributed by atoms with E-state index in [9.17, 15) is 4.79 Å². The Balaban J connectivity index is 1.63. The Kier molecular flexibility index (Phi) is 5.89. The number of carbonyl (C=O) groups is 1. The molecule has 0 fully saturated rings. The van der Waals surface area contributed by atoms with Gasteiger partial charge in [0, 0.05) is 35.9 Å². The van der Waals surface area contributed by atoms with Crippen molar-refractivity contribution in [2.75, 3.05) is 19.0 Å². The van der Waals surface area contributed by atoms with E-state index < -0.39 is 0 Å². The van der Waals surface area contributed by atoms with Gasteiger partial charge in [-0.1, -0.05) is 12.1 Å². The lowest BCUT2D eigenvalue weighted by atomic mass is 10.2. The lowest BCUT2D eigenvalue weighted by molar-refractivity contribution is -0.111. The van der Waals surface area contributed by atoms with Gasteiger partial charge < -0.3 is 19.4 Å². The number of ether oxygens (including phenoxy) is 2. The number of rotatable bonds is 7. The van der Waals surface area contributed by atoms with Crippen LogP contribution in [0.3, 0.4) is 0 Å². The third kappa shape index (κ3) is 4.76. The standard InChI is InChI=1S/C21H21N3O3/c1-3-27-19-10-7-17(14-20(19)26-2)23-21(25)11-6-16-4-8-18(9-5-16)24-13-12-22-15-24/h4-15H,3H2,1-2H3,(H,23,25)/b11-6+. The predicted octanol–water partition coefficient (Wildman–Crippen LogP) is 3.93. The first-order chi connectivity index (χ1) is 13.2. The lowest BCUT2D eigenvalue weighted by Crippen LogP contribution is -2.08. The first kappa shape index (κ1) is 18.3. The number of benzene rings is 2. The summed E-state index contributed by atoms with van der Waals surface area (Å²) in [6.45, 7) is 2.45. The maximum absolute atomic E-state index is 12.2. The molecule has 2 aromatic carbocycles. The molecular weight excluding hydrogens is 342 g/mol. The van der Waals surface area contributed by atoms with Crippen LogP contribution in [0.1, 0.15) is 12.5 Å². The highest BCUT2D eigenvalue weighted by Crippen LogP contribution is 2.30. The Labute approximate surface area is 158 Å². The van der Waals surface area contributed by atoms with Gasteiger partial charge in [0.1, 0.15) is 0 Å². The third-order valence-corrected chi connectivity index (χ3v) is 3.85. The highest BCUT2D eigenvalue weighted by Gasteiger charge is 2.06.